The van der Waals surface area contributed by atoms with Crippen LogP contribution in [-0.4, -0.2) is 35.7 Å². The summed E-state index contributed by atoms with van der Waals surface area (Å²) < 4.78 is 0. The fourth-order valence-electron chi connectivity index (χ4n) is 4.52. The maximum atomic E-state index is 12.9. The number of hydrogen-bond acceptors (Lipinski definition) is 4. The van der Waals surface area contributed by atoms with Crippen LogP contribution in [0.5, 0.6) is 0 Å². The van der Waals surface area contributed by atoms with E-state index < -0.39 is 0 Å². The summed E-state index contributed by atoms with van der Waals surface area (Å²) in [5, 5.41) is 0. The molecule has 1 aromatic carbocycles. The number of amides is 3. The second kappa shape index (κ2) is 6.17. The molecule has 0 spiro atoms. The molecule has 2 unspecified atom stereocenters. The number of fused-ring (bicyclic) bond motifs is 2. The standard InChI is InChI=1S/C19H23N3O3/c20-15-8-3-9-16-14(15)7-4-10-21(16)17(23)11-22-18(24)12-5-1-2-6-13(12)19(22)25/h3,8-9,12-13H,1-2,4-7,10-11,20H2. The number of imide groups is 1. The number of rotatable bonds is 2. The van der Waals surface area contributed by atoms with Crippen molar-refractivity contribution in [1.82, 2.24) is 4.90 Å². The van der Waals surface area contributed by atoms with E-state index in [1.165, 1.54) is 4.90 Å². The number of anilines is 2. The Morgan fingerprint density at radius 3 is 2.44 bits per heavy atom. The van der Waals surface area contributed by atoms with E-state index in [9.17, 15) is 14.4 Å². The van der Waals surface area contributed by atoms with Crippen molar-refractivity contribution in [3.05, 3.63) is 23.8 Å². The van der Waals surface area contributed by atoms with Crippen LogP contribution in [0.2, 0.25) is 0 Å². The van der Waals surface area contributed by atoms with Gasteiger partial charge in [0, 0.05) is 17.9 Å². The number of nitrogens with zero attached hydrogens (tertiary/aromatic N) is 2. The van der Waals surface area contributed by atoms with Crippen LogP contribution in [0.4, 0.5) is 11.4 Å². The van der Waals surface area contributed by atoms with Gasteiger partial charge < -0.3 is 10.6 Å². The second-order valence-corrected chi connectivity index (χ2v) is 7.25. The van der Waals surface area contributed by atoms with Crippen molar-refractivity contribution in [2.75, 3.05) is 23.7 Å². The first kappa shape index (κ1) is 16.1. The molecule has 0 bridgehead atoms. The van der Waals surface area contributed by atoms with E-state index in [0.717, 1.165) is 49.8 Å². The summed E-state index contributed by atoms with van der Waals surface area (Å²) in [4.78, 5) is 40.9. The Bertz CT molecular complexity index is 721. The van der Waals surface area contributed by atoms with Crippen LogP contribution < -0.4 is 10.6 Å². The molecule has 4 rings (SSSR count). The zero-order valence-electron chi connectivity index (χ0n) is 14.2. The first-order valence-corrected chi connectivity index (χ1v) is 9.11. The van der Waals surface area contributed by atoms with Crippen LogP contribution in [0, 0.1) is 11.8 Å². The summed E-state index contributed by atoms with van der Waals surface area (Å²) >= 11 is 0. The zero-order valence-corrected chi connectivity index (χ0v) is 14.2. The van der Waals surface area contributed by atoms with Crippen molar-refractivity contribution >= 4 is 29.1 Å². The largest absolute Gasteiger partial charge is 0.398 e. The van der Waals surface area contributed by atoms with Crippen LogP contribution in [0.15, 0.2) is 18.2 Å². The molecule has 2 N–H and O–H groups in total. The Kier molecular flexibility index (Phi) is 3.98. The molecule has 0 radical (unpaired) electrons. The Hall–Kier alpha value is -2.37. The Balaban J connectivity index is 1.55. The average Bonchev–Trinajstić information content (AvgIpc) is 2.87. The quantitative estimate of drug-likeness (QED) is 0.656. The minimum atomic E-state index is -0.210. The van der Waals surface area contributed by atoms with Gasteiger partial charge in [0.15, 0.2) is 0 Å². The lowest BCUT2D eigenvalue weighted by Crippen LogP contribution is -2.45. The topological polar surface area (TPSA) is 83.7 Å². The fourth-order valence-corrected chi connectivity index (χ4v) is 4.52. The zero-order chi connectivity index (χ0) is 17.6. The van der Waals surface area contributed by atoms with Crippen LogP contribution >= 0.6 is 0 Å². The van der Waals surface area contributed by atoms with Gasteiger partial charge in [0.1, 0.15) is 6.54 Å². The third-order valence-corrected chi connectivity index (χ3v) is 5.81. The van der Waals surface area contributed by atoms with E-state index in [1.807, 2.05) is 18.2 Å². The lowest BCUT2D eigenvalue weighted by atomic mass is 9.81. The number of likely N-dealkylation sites (tertiary alicyclic amines) is 1. The van der Waals surface area contributed by atoms with E-state index in [-0.39, 0.29) is 36.1 Å². The molecule has 3 amide bonds. The van der Waals surface area contributed by atoms with Gasteiger partial charge in [-0.3, -0.25) is 19.3 Å². The third-order valence-electron chi connectivity index (χ3n) is 5.81. The fraction of sp³-hybridized carbons (Fsp3) is 0.526. The van der Waals surface area contributed by atoms with Gasteiger partial charge in [0.25, 0.3) is 0 Å². The monoisotopic (exact) mass is 341 g/mol. The summed E-state index contributed by atoms with van der Waals surface area (Å²) in [6.45, 7) is 0.442. The minimum Gasteiger partial charge on any atom is -0.398 e. The Morgan fingerprint density at radius 1 is 1.08 bits per heavy atom. The van der Waals surface area contributed by atoms with E-state index >= 15 is 0 Å². The molecule has 25 heavy (non-hydrogen) atoms. The number of benzene rings is 1. The van der Waals surface area contributed by atoms with Crippen molar-refractivity contribution in [2.24, 2.45) is 11.8 Å². The van der Waals surface area contributed by atoms with Gasteiger partial charge in [-0.25, -0.2) is 0 Å². The number of carbonyl (C=O) groups is 3. The van der Waals surface area contributed by atoms with Crippen LogP contribution in [0.3, 0.4) is 0 Å². The van der Waals surface area contributed by atoms with E-state index in [0.29, 0.717) is 12.2 Å². The molecular weight excluding hydrogens is 318 g/mol. The molecule has 0 aromatic heterocycles. The minimum absolute atomic E-state index is 0.154. The lowest BCUT2D eigenvalue weighted by Gasteiger charge is -2.31. The van der Waals surface area contributed by atoms with Gasteiger partial charge in [-0.1, -0.05) is 18.9 Å². The molecule has 1 saturated heterocycles. The van der Waals surface area contributed by atoms with Crippen molar-refractivity contribution < 1.29 is 14.4 Å². The summed E-state index contributed by atoms with van der Waals surface area (Å²) in [5.74, 6) is -0.940. The summed E-state index contributed by atoms with van der Waals surface area (Å²) in [7, 11) is 0. The van der Waals surface area contributed by atoms with Gasteiger partial charge >= 0.3 is 0 Å². The highest BCUT2D eigenvalue weighted by Gasteiger charge is 2.48. The summed E-state index contributed by atoms with van der Waals surface area (Å²) in [6, 6.07) is 5.56. The lowest BCUT2D eigenvalue weighted by molar-refractivity contribution is -0.143. The molecule has 2 fully saturated rings. The molecule has 6 nitrogen and oxygen atoms in total. The molecule has 1 aromatic rings. The Labute approximate surface area is 147 Å². The van der Waals surface area contributed by atoms with Gasteiger partial charge in [0.05, 0.1) is 11.8 Å². The van der Waals surface area contributed by atoms with Gasteiger partial charge in [0.2, 0.25) is 17.7 Å². The van der Waals surface area contributed by atoms with Crippen molar-refractivity contribution in [2.45, 2.75) is 38.5 Å². The van der Waals surface area contributed by atoms with Crippen molar-refractivity contribution in [1.29, 1.82) is 0 Å². The number of nitrogen functional groups attached to an aromatic ring is 1. The predicted molar refractivity (Wildman–Crippen MR) is 93.7 cm³/mol. The third kappa shape index (κ3) is 2.60. The second-order valence-electron chi connectivity index (χ2n) is 7.25. The molecule has 132 valence electrons. The molecule has 6 heteroatoms. The molecule has 2 aliphatic heterocycles. The molecule has 3 aliphatic rings. The molecule has 2 heterocycles. The van der Waals surface area contributed by atoms with Crippen LogP contribution in [-0.2, 0) is 20.8 Å². The summed E-state index contributed by atoms with van der Waals surface area (Å²) in [6.07, 6.45) is 5.19. The molecule has 2 atom stereocenters. The predicted octanol–water partition coefficient (Wildman–Crippen LogP) is 1.72. The van der Waals surface area contributed by atoms with Crippen LogP contribution in [0.25, 0.3) is 0 Å². The molecule has 1 aliphatic carbocycles. The van der Waals surface area contributed by atoms with Gasteiger partial charge in [-0.05, 0) is 43.4 Å². The van der Waals surface area contributed by atoms with Gasteiger partial charge in [-0.15, -0.1) is 0 Å². The first-order chi connectivity index (χ1) is 12.1. The van der Waals surface area contributed by atoms with E-state index in [2.05, 4.69) is 0 Å². The van der Waals surface area contributed by atoms with E-state index in [1.54, 1.807) is 4.90 Å². The molecular formula is C19H23N3O3. The van der Waals surface area contributed by atoms with Crippen LogP contribution in [0.1, 0.15) is 37.7 Å². The highest BCUT2D eigenvalue weighted by atomic mass is 16.2. The van der Waals surface area contributed by atoms with Crippen molar-refractivity contribution in [3.8, 4) is 0 Å². The average molecular weight is 341 g/mol. The maximum absolute atomic E-state index is 12.9. The highest BCUT2D eigenvalue weighted by molar-refractivity contribution is 6.09. The number of nitrogens with two attached hydrogens (primary N) is 1. The van der Waals surface area contributed by atoms with Gasteiger partial charge in [-0.2, -0.15) is 0 Å². The van der Waals surface area contributed by atoms with E-state index in [4.69, 9.17) is 5.73 Å². The first-order valence-electron chi connectivity index (χ1n) is 9.11. The normalized spacial score (nSPS) is 25.8. The highest BCUT2D eigenvalue weighted by Crippen LogP contribution is 2.38. The Morgan fingerprint density at radius 2 is 1.76 bits per heavy atom. The van der Waals surface area contributed by atoms with Crippen molar-refractivity contribution in [3.63, 3.8) is 0 Å². The number of carbonyl (C=O) groups excluding carboxylic acids is 3. The SMILES string of the molecule is Nc1cccc2c1CCCN2C(=O)CN1C(=O)C2CCCCC2C1=O. The summed E-state index contributed by atoms with van der Waals surface area (Å²) in [5.41, 5.74) is 8.52. The smallest absolute Gasteiger partial charge is 0.247 e. The molecule has 1 saturated carbocycles. The number of hydrogen-bond donors (Lipinski definition) is 1. The maximum Gasteiger partial charge on any atom is 0.247 e.